The van der Waals surface area contributed by atoms with Crippen LogP contribution in [0.25, 0.3) is 0 Å². The number of hydrogen-bond donors (Lipinski definition) is 4. The first-order valence-corrected chi connectivity index (χ1v) is 6.70. The number of carboxylic acid groups (broad SMARTS) is 1. The Bertz CT molecular complexity index is 355. The molecule has 1 aliphatic rings. The molecular weight excluding hydrogens is 266 g/mol. The van der Waals surface area contributed by atoms with Gasteiger partial charge in [0, 0.05) is 39.1 Å². The first kappa shape index (κ1) is 16.2. The monoisotopic (exact) mass is 287 g/mol. The van der Waals surface area contributed by atoms with Crippen LogP contribution in [-0.2, 0) is 9.59 Å². The summed E-state index contributed by atoms with van der Waals surface area (Å²) in [4.78, 5) is 35.7. The van der Waals surface area contributed by atoms with Crippen molar-refractivity contribution in [3.05, 3.63) is 0 Å². The van der Waals surface area contributed by atoms with E-state index in [2.05, 4.69) is 10.6 Å². The van der Waals surface area contributed by atoms with E-state index in [-0.39, 0.29) is 31.9 Å². The van der Waals surface area contributed by atoms with E-state index >= 15 is 0 Å². The van der Waals surface area contributed by atoms with Gasteiger partial charge in [-0.2, -0.15) is 0 Å². The van der Waals surface area contributed by atoms with Crippen molar-refractivity contribution in [3.63, 3.8) is 0 Å². The number of amides is 3. The van der Waals surface area contributed by atoms with Gasteiger partial charge < -0.3 is 25.7 Å². The van der Waals surface area contributed by atoms with Crippen LogP contribution in [0, 0.1) is 0 Å². The minimum absolute atomic E-state index is 0.00653. The Labute approximate surface area is 117 Å². The summed E-state index contributed by atoms with van der Waals surface area (Å²) in [6.45, 7) is 1.36. The largest absolute Gasteiger partial charge is 0.480 e. The van der Waals surface area contributed by atoms with Crippen LogP contribution in [-0.4, -0.2) is 65.3 Å². The average molecular weight is 287 g/mol. The molecular formula is C12H21N3O5. The van der Waals surface area contributed by atoms with Crippen molar-refractivity contribution in [1.82, 2.24) is 15.5 Å². The third kappa shape index (κ3) is 5.43. The van der Waals surface area contributed by atoms with Crippen LogP contribution >= 0.6 is 0 Å². The standard InChI is InChI=1S/C12H21N3O5/c16-8-4-9(11(18)19)14-12(20)13-5-3-10(17)15-6-1-2-7-15/h9,16H,1-8H2,(H,18,19)(H2,13,14,20)/t9-/m0/s1. The Kier molecular flexibility index (Phi) is 6.78. The highest BCUT2D eigenvalue weighted by molar-refractivity contribution is 5.83. The van der Waals surface area contributed by atoms with E-state index in [9.17, 15) is 14.4 Å². The van der Waals surface area contributed by atoms with Crippen LogP contribution in [0.2, 0.25) is 0 Å². The van der Waals surface area contributed by atoms with E-state index in [4.69, 9.17) is 10.2 Å². The van der Waals surface area contributed by atoms with Crippen molar-refractivity contribution >= 4 is 17.9 Å². The molecule has 0 saturated carbocycles. The van der Waals surface area contributed by atoms with E-state index in [0.29, 0.717) is 0 Å². The molecule has 8 nitrogen and oxygen atoms in total. The average Bonchev–Trinajstić information content (AvgIpc) is 2.91. The van der Waals surface area contributed by atoms with E-state index in [1.807, 2.05) is 0 Å². The second kappa shape index (κ2) is 8.36. The number of urea groups is 1. The predicted molar refractivity (Wildman–Crippen MR) is 70.1 cm³/mol. The molecule has 0 aromatic carbocycles. The number of carbonyl (C=O) groups is 3. The SMILES string of the molecule is O=C(NCCC(=O)N1CCCC1)N[C@@H](CCO)C(=O)O. The number of aliphatic hydroxyl groups excluding tert-OH is 1. The maximum Gasteiger partial charge on any atom is 0.326 e. The Hall–Kier alpha value is -1.83. The number of likely N-dealkylation sites (tertiary alicyclic amines) is 1. The topological polar surface area (TPSA) is 119 Å². The quantitative estimate of drug-likeness (QED) is 0.485. The highest BCUT2D eigenvalue weighted by Gasteiger charge is 2.20. The van der Waals surface area contributed by atoms with Crippen molar-refractivity contribution in [2.75, 3.05) is 26.2 Å². The fourth-order valence-electron chi connectivity index (χ4n) is 2.00. The van der Waals surface area contributed by atoms with E-state index in [0.717, 1.165) is 25.9 Å². The third-order valence-electron chi connectivity index (χ3n) is 3.10. The van der Waals surface area contributed by atoms with Crippen LogP contribution in [0.15, 0.2) is 0 Å². The van der Waals surface area contributed by atoms with E-state index in [1.165, 1.54) is 0 Å². The highest BCUT2D eigenvalue weighted by atomic mass is 16.4. The molecule has 1 aliphatic heterocycles. The van der Waals surface area contributed by atoms with Gasteiger partial charge in [0.2, 0.25) is 5.91 Å². The van der Waals surface area contributed by atoms with Crippen LogP contribution in [0.4, 0.5) is 4.79 Å². The molecule has 0 aromatic heterocycles. The van der Waals surface area contributed by atoms with Crippen LogP contribution in [0.3, 0.4) is 0 Å². The Balaban J connectivity index is 2.21. The van der Waals surface area contributed by atoms with Gasteiger partial charge >= 0.3 is 12.0 Å². The molecule has 1 rings (SSSR count). The zero-order valence-corrected chi connectivity index (χ0v) is 11.3. The molecule has 8 heteroatoms. The van der Waals surface area contributed by atoms with Gasteiger partial charge in [-0.3, -0.25) is 4.79 Å². The molecule has 0 spiro atoms. The molecule has 20 heavy (non-hydrogen) atoms. The van der Waals surface area contributed by atoms with Crippen molar-refractivity contribution in [1.29, 1.82) is 0 Å². The summed E-state index contributed by atoms with van der Waals surface area (Å²) in [5.41, 5.74) is 0. The van der Waals surface area contributed by atoms with Crippen LogP contribution in [0.1, 0.15) is 25.7 Å². The maximum absolute atomic E-state index is 11.7. The van der Waals surface area contributed by atoms with Gasteiger partial charge in [0.15, 0.2) is 0 Å². The normalized spacial score (nSPS) is 15.8. The Morgan fingerprint density at radius 3 is 2.40 bits per heavy atom. The van der Waals surface area contributed by atoms with Gasteiger partial charge in [0.25, 0.3) is 0 Å². The van der Waals surface area contributed by atoms with Crippen molar-refractivity contribution in [3.8, 4) is 0 Å². The zero-order valence-electron chi connectivity index (χ0n) is 11.3. The van der Waals surface area contributed by atoms with Gasteiger partial charge in [0.1, 0.15) is 6.04 Å². The maximum atomic E-state index is 11.7. The summed E-state index contributed by atoms with van der Waals surface area (Å²) in [5, 5.41) is 22.1. The molecule has 1 heterocycles. The van der Waals surface area contributed by atoms with Crippen molar-refractivity contribution < 1.29 is 24.6 Å². The van der Waals surface area contributed by atoms with Gasteiger partial charge in [0.05, 0.1) is 0 Å². The summed E-state index contributed by atoms with van der Waals surface area (Å²) in [5.74, 6) is -1.21. The minimum atomic E-state index is -1.21. The second-order valence-electron chi connectivity index (χ2n) is 4.64. The number of aliphatic carboxylic acids is 1. The first-order chi connectivity index (χ1) is 9.54. The molecule has 0 radical (unpaired) electrons. The van der Waals surface area contributed by atoms with Crippen molar-refractivity contribution in [2.24, 2.45) is 0 Å². The smallest absolute Gasteiger partial charge is 0.326 e. The lowest BCUT2D eigenvalue weighted by Crippen LogP contribution is -2.47. The number of nitrogens with one attached hydrogen (secondary N) is 2. The molecule has 0 unspecified atom stereocenters. The molecule has 1 saturated heterocycles. The first-order valence-electron chi connectivity index (χ1n) is 6.70. The fourth-order valence-corrected chi connectivity index (χ4v) is 2.00. The van der Waals surface area contributed by atoms with Gasteiger partial charge in [-0.05, 0) is 12.8 Å². The second-order valence-corrected chi connectivity index (χ2v) is 4.64. The fraction of sp³-hybridized carbons (Fsp3) is 0.750. The molecule has 0 bridgehead atoms. The molecule has 114 valence electrons. The number of carbonyl (C=O) groups excluding carboxylic acids is 2. The lowest BCUT2D eigenvalue weighted by molar-refractivity contribution is -0.139. The summed E-state index contributed by atoms with van der Waals surface area (Å²) in [6.07, 6.45) is 2.17. The lowest BCUT2D eigenvalue weighted by atomic mass is 10.2. The zero-order chi connectivity index (χ0) is 15.0. The number of nitrogens with zero attached hydrogens (tertiary/aromatic N) is 1. The van der Waals surface area contributed by atoms with Crippen LogP contribution < -0.4 is 10.6 Å². The van der Waals surface area contributed by atoms with E-state index < -0.39 is 18.0 Å². The molecule has 0 aliphatic carbocycles. The molecule has 4 N–H and O–H groups in total. The number of hydrogen-bond acceptors (Lipinski definition) is 4. The summed E-state index contributed by atoms with van der Waals surface area (Å²) in [7, 11) is 0. The number of carboxylic acids is 1. The summed E-state index contributed by atoms with van der Waals surface area (Å²) < 4.78 is 0. The molecule has 0 aromatic rings. The highest BCUT2D eigenvalue weighted by Crippen LogP contribution is 2.08. The predicted octanol–water partition coefficient (Wildman–Crippen LogP) is -0.866. The van der Waals surface area contributed by atoms with Crippen molar-refractivity contribution in [2.45, 2.75) is 31.7 Å². The van der Waals surface area contributed by atoms with Crippen LogP contribution in [0.5, 0.6) is 0 Å². The minimum Gasteiger partial charge on any atom is -0.480 e. The molecule has 1 atom stereocenters. The Morgan fingerprint density at radius 1 is 1.20 bits per heavy atom. The lowest BCUT2D eigenvalue weighted by Gasteiger charge is -2.16. The molecule has 1 fully saturated rings. The molecule has 3 amide bonds. The van der Waals surface area contributed by atoms with E-state index in [1.54, 1.807) is 4.90 Å². The van der Waals surface area contributed by atoms with Gasteiger partial charge in [-0.15, -0.1) is 0 Å². The van der Waals surface area contributed by atoms with Gasteiger partial charge in [-0.1, -0.05) is 0 Å². The number of aliphatic hydroxyl groups is 1. The number of rotatable bonds is 7. The third-order valence-corrected chi connectivity index (χ3v) is 3.10. The van der Waals surface area contributed by atoms with Gasteiger partial charge in [-0.25, -0.2) is 9.59 Å². The summed E-state index contributed by atoms with van der Waals surface area (Å²) >= 11 is 0. The Morgan fingerprint density at radius 2 is 1.85 bits per heavy atom. The summed E-state index contributed by atoms with van der Waals surface area (Å²) in [6, 6.07) is -1.78.